The van der Waals surface area contributed by atoms with Crippen LogP contribution >= 0.6 is 0 Å². The number of nitrogens with zero attached hydrogens (tertiary/aromatic N) is 3. The number of hydrogen-bond acceptors (Lipinski definition) is 7. The molecule has 12 nitrogen and oxygen atoms in total. The fourth-order valence-electron chi connectivity index (χ4n) is 4.52. The van der Waals surface area contributed by atoms with Crippen molar-refractivity contribution >= 4 is 41.3 Å². The van der Waals surface area contributed by atoms with Crippen LogP contribution in [0.25, 0.3) is 11.7 Å². The van der Waals surface area contributed by atoms with Crippen molar-refractivity contribution < 1.29 is 14.4 Å². The van der Waals surface area contributed by atoms with Crippen molar-refractivity contribution in [1.29, 1.82) is 0 Å². The Morgan fingerprint density at radius 2 is 1.70 bits per heavy atom. The highest BCUT2D eigenvalue weighted by atomic mass is 16.2. The zero-order valence-corrected chi connectivity index (χ0v) is 21.4. The minimum atomic E-state index is -0.545. The van der Waals surface area contributed by atoms with Gasteiger partial charge in [-0.05, 0) is 57.4 Å². The molecule has 2 aliphatic carbocycles. The lowest BCUT2D eigenvalue weighted by atomic mass is 9.91. The largest absolute Gasteiger partial charge is 0.367 e. The first-order valence-electron chi connectivity index (χ1n) is 13.1. The van der Waals surface area contributed by atoms with Gasteiger partial charge in [0, 0.05) is 35.8 Å². The molecular formula is C25H35N9O3. The molecule has 0 aromatic carbocycles. The summed E-state index contributed by atoms with van der Waals surface area (Å²) in [5.41, 5.74) is 1.37. The van der Waals surface area contributed by atoms with Crippen LogP contribution in [0.2, 0.25) is 0 Å². The molecule has 1 atom stereocenters. The zero-order valence-electron chi connectivity index (χ0n) is 21.4. The molecule has 0 bridgehead atoms. The van der Waals surface area contributed by atoms with E-state index in [1.807, 2.05) is 13.0 Å². The Balaban J connectivity index is 1.27. The average Bonchev–Trinajstić information content (AvgIpc) is 3.48. The van der Waals surface area contributed by atoms with E-state index in [0.29, 0.717) is 23.2 Å². The second kappa shape index (κ2) is 10.3. The van der Waals surface area contributed by atoms with Crippen LogP contribution in [-0.4, -0.2) is 56.7 Å². The molecule has 12 heteroatoms. The Labute approximate surface area is 215 Å². The summed E-state index contributed by atoms with van der Waals surface area (Å²) in [5, 5.41) is 22.4. The van der Waals surface area contributed by atoms with Crippen LogP contribution in [0.5, 0.6) is 0 Å². The Bertz CT molecular complexity index is 1230. The minimum absolute atomic E-state index is 0.102. The summed E-state index contributed by atoms with van der Waals surface area (Å²) in [4.78, 5) is 40.6. The molecule has 0 radical (unpaired) electrons. The summed E-state index contributed by atoms with van der Waals surface area (Å²) in [6, 6.07) is 2.23. The molecule has 198 valence electrons. The van der Waals surface area contributed by atoms with Crippen LogP contribution < -0.4 is 31.9 Å². The Morgan fingerprint density at radius 3 is 2.35 bits per heavy atom. The number of urea groups is 2. The molecule has 3 aliphatic rings. The molecule has 3 fully saturated rings. The number of carbonyl (C=O) groups is 3. The molecule has 2 aromatic heterocycles. The smallest absolute Gasteiger partial charge is 0.326 e. The number of fused-ring (bicyclic) bond motifs is 1. The zero-order chi connectivity index (χ0) is 26.1. The molecule has 37 heavy (non-hydrogen) atoms. The molecule has 0 spiro atoms. The number of aromatic nitrogens is 3. The van der Waals surface area contributed by atoms with Gasteiger partial charge in [0.05, 0.1) is 6.20 Å². The van der Waals surface area contributed by atoms with Gasteiger partial charge in [-0.1, -0.05) is 13.8 Å². The van der Waals surface area contributed by atoms with E-state index < -0.39 is 11.9 Å². The lowest BCUT2D eigenvalue weighted by molar-refractivity contribution is -0.115. The van der Waals surface area contributed by atoms with Crippen LogP contribution in [0.1, 0.15) is 64.9 Å². The monoisotopic (exact) mass is 509 g/mol. The molecule has 1 unspecified atom stereocenters. The minimum Gasteiger partial charge on any atom is -0.367 e. The van der Waals surface area contributed by atoms with Gasteiger partial charge in [0.1, 0.15) is 17.3 Å². The summed E-state index contributed by atoms with van der Waals surface area (Å²) in [6.07, 6.45) is 9.02. The van der Waals surface area contributed by atoms with Crippen molar-refractivity contribution in [2.24, 2.45) is 5.92 Å². The highest BCUT2D eigenvalue weighted by Crippen LogP contribution is 2.29. The van der Waals surface area contributed by atoms with Gasteiger partial charge in [0.25, 0.3) is 5.91 Å². The summed E-state index contributed by atoms with van der Waals surface area (Å²) in [6.45, 7) is 6.19. The third kappa shape index (κ3) is 5.95. The summed E-state index contributed by atoms with van der Waals surface area (Å²) < 4.78 is 1.72. The Hall–Kier alpha value is -3.83. The first-order valence-corrected chi connectivity index (χ1v) is 13.1. The normalized spacial score (nSPS) is 23.6. The molecule has 5 rings (SSSR count). The number of carbonyl (C=O) groups excluding carboxylic acids is 3. The Kier molecular flexibility index (Phi) is 6.90. The first kappa shape index (κ1) is 24.8. The van der Waals surface area contributed by atoms with E-state index in [1.165, 1.54) is 0 Å². The third-order valence-electron chi connectivity index (χ3n) is 7.22. The molecule has 2 saturated carbocycles. The summed E-state index contributed by atoms with van der Waals surface area (Å²) in [5.74, 6) is 1.45. The standard InChI is InChI=1S/C25H35N9O3/c1-13(2)14(3)27-24(36)30-18-8-4-16(5-9-18)28-20-11-21(29-17-6-7-17)34-22(32-20)15(12-26-34)10-19-23(35)33-25(37)31-19/h10-14,16-18,29H,4-9H2,1-3H3,(H,28,32)(H2,27,30,36)(H2,31,33,35,37)/b19-10-/t14?,16-,18-. The van der Waals surface area contributed by atoms with Gasteiger partial charge in [-0.15, -0.1) is 0 Å². The Morgan fingerprint density at radius 1 is 1.03 bits per heavy atom. The molecule has 2 aromatic rings. The lowest BCUT2D eigenvalue weighted by Gasteiger charge is -2.30. The van der Waals surface area contributed by atoms with Crippen molar-refractivity contribution in [3.8, 4) is 0 Å². The van der Waals surface area contributed by atoms with Crippen LogP contribution in [0, 0.1) is 5.92 Å². The van der Waals surface area contributed by atoms with E-state index in [4.69, 9.17) is 4.98 Å². The van der Waals surface area contributed by atoms with E-state index >= 15 is 0 Å². The number of anilines is 2. The van der Waals surface area contributed by atoms with E-state index in [1.54, 1.807) is 16.8 Å². The van der Waals surface area contributed by atoms with Gasteiger partial charge >= 0.3 is 12.1 Å². The summed E-state index contributed by atoms with van der Waals surface area (Å²) >= 11 is 0. The first-order chi connectivity index (χ1) is 17.7. The fraction of sp³-hybridized carbons (Fsp3) is 0.560. The van der Waals surface area contributed by atoms with Gasteiger partial charge < -0.3 is 26.6 Å². The average molecular weight is 510 g/mol. The molecular weight excluding hydrogens is 474 g/mol. The quantitative estimate of drug-likeness (QED) is 0.236. The maximum atomic E-state index is 12.3. The highest BCUT2D eigenvalue weighted by molar-refractivity contribution is 6.14. The van der Waals surface area contributed by atoms with Crippen molar-refractivity contribution in [2.75, 3.05) is 10.6 Å². The maximum absolute atomic E-state index is 12.3. The van der Waals surface area contributed by atoms with Crippen LogP contribution in [0.15, 0.2) is 18.0 Å². The van der Waals surface area contributed by atoms with Gasteiger partial charge in [-0.25, -0.2) is 14.6 Å². The van der Waals surface area contributed by atoms with Gasteiger partial charge in [0.15, 0.2) is 5.65 Å². The molecule has 6 N–H and O–H groups in total. The van der Waals surface area contributed by atoms with Gasteiger partial charge in [-0.3, -0.25) is 10.1 Å². The number of imide groups is 1. The van der Waals surface area contributed by atoms with Gasteiger partial charge in [-0.2, -0.15) is 9.61 Å². The van der Waals surface area contributed by atoms with E-state index in [2.05, 4.69) is 50.8 Å². The van der Waals surface area contributed by atoms with E-state index in [9.17, 15) is 14.4 Å². The molecule has 5 amide bonds. The molecule has 3 heterocycles. The van der Waals surface area contributed by atoms with Crippen molar-refractivity contribution in [2.45, 2.75) is 83.5 Å². The van der Waals surface area contributed by atoms with Gasteiger partial charge in [0.2, 0.25) is 0 Å². The number of amides is 5. The van der Waals surface area contributed by atoms with Crippen LogP contribution in [0.3, 0.4) is 0 Å². The van der Waals surface area contributed by atoms with Crippen molar-refractivity contribution in [3.63, 3.8) is 0 Å². The predicted molar refractivity (Wildman–Crippen MR) is 140 cm³/mol. The second-order valence-electron chi connectivity index (χ2n) is 10.6. The lowest BCUT2D eigenvalue weighted by Crippen LogP contribution is -2.48. The molecule has 1 saturated heterocycles. The highest BCUT2D eigenvalue weighted by Gasteiger charge is 2.27. The summed E-state index contributed by atoms with van der Waals surface area (Å²) in [7, 11) is 0. The SMILES string of the molecule is CC(C)C(C)NC(=O)N[C@H]1CC[C@H](Nc2cc(NC3CC3)n3ncc(/C=C4\NC(=O)NC4=O)c3n2)CC1. The maximum Gasteiger partial charge on any atom is 0.326 e. The van der Waals surface area contributed by atoms with Crippen LogP contribution in [-0.2, 0) is 4.79 Å². The number of nitrogens with one attached hydrogen (secondary N) is 6. The number of rotatable bonds is 8. The topological polar surface area (TPSA) is 154 Å². The molecule has 1 aliphatic heterocycles. The number of hydrogen-bond donors (Lipinski definition) is 6. The van der Waals surface area contributed by atoms with Crippen LogP contribution in [0.4, 0.5) is 21.2 Å². The predicted octanol–water partition coefficient (Wildman–Crippen LogP) is 2.55. The van der Waals surface area contributed by atoms with E-state index in [-0.39, 0.29) is 29.9 Å². The van der Waals surface area contributed by atoms with E-state index in [0.717, 1.165) is 50.2 Å². The third-order valence-corrected chi connectivity index (χ3v) is 7.22. The second-order valence-corrected chi connectivity index (χ2v) is 10.6. The van der Waals surface area contributed by atoms with Crippen molar-refractivity contribution in [3.05, 3.63) is 23.5 Å². The van der Waals surface area contributed by atoms with Crippen molar-refractivity contribution in [1.82, 2.24) is 35.9 Å². The fourth-order valence-corrected chi connectivity index (χ4v) is 4.52.